The van der Waals surface area contributed by atoms with Crippen molar-refractivity contribution < 1.29 is 14.3 Å². The van der Waals surface area contributed by atoms with Gasteiger partial charge in [0.05, 0.1) is 29.4 Å². The first kappa shape index (κ1) is 21.3. The van der Waals surface area contributed by atoms with Gasteiger partial charge in [-0.1, -0.05) is 25.0 Å². The SMILES string of the molecule is Cn1cc(-c2ccc(Cn3cc(C(=O)NCC4(O)CCCC4)c4ncccc43)c(F)c2)cn1. The van der Waals surface area contributed by atoms with E-state index in [9.17, 15) is 14.3 Å². The molecule has 1 aliphatic carbocycles. The summed E-state index contributed by atoms with van der Waals surface area (Å²) in [6.45, 7) is 0.480. The van der Waals surface area contributed by atoms with Crippen LogP contribution in [0.4, 0.5) is 4.39 Å². The first-order chi connectivity index (χ1) is 15.9. The number of nitrogens with one attached hydrogen (secondary N) is 1. The number of benzene rings is 1. The van der Waals surface area contributed by atoms with E-state index in [0.29, 0.717) is 29.5 Å². The van der Waals surface area contributed by atoms with Crippen molar-refractivity contribution in [3.05, 3.63) is 72.1 Å². The van der Waals surface area contributed by atoms with Gasteiger partial charge in [-0.15, -0.1) is 0 Å². The van der Waals surface area contributed by atoms with Crippen molar-refractivity contribution in [3.8, 4) is 11.1 Å². The summed E-state index contributed by atoms with van der Waals surface area (Å²) >= 11 is 0. The van der Waals surface area contributed by atoms with Crippen LogP contribution in [-0.2, 0) is 13.6 Å². The van der Waals surface area contributed by atoms with Crippen molar-refractivity contribution in [2.75, 3.05) is 6.54 Å². The highest BCUT2D eigenvalue weighted by molar-refractivity contribution is 6.05. The third-order valence-corrected chi connectivity index (χ3v) is 6.42. The van der Waals surface area contributed by atoms with Gasteiger partial charge in [0.1, 0.15) is 11.3 Å². The molecular weight excluding hydrogens is 421 g/mol. The molecule has 0 aliphatic heterocycles. The van der Waals surface area contributed by atoms with E-state index in [4.69, 9.17) is 0 Å². The van der Waals surface area contributed by atoms with Gasteiger partial charge in [0.15, 0.2) is 0 Å². The van der Waals surface area contributed by atoms with Crippen LogP contribution in [0.2, 0.25) is 0 Å². The van der Waals surface area contributed by atoms with Gasteiger partial charge in [-0.25, -0.2) is 4.39 Å². The molecule has 1 saturated carbocycles. The molecule has 3 aromatic heterocycles. The molecule has 0 radical (unpaired) electrons. The van der Waals surface area contributed by atoms with E-state index in [1.54, 1.807) is 35.4 Å². The molecule has 5 rings (SSSR count). The van der Waals surface area contributed by atoms with Crippen molar-refractivity contribution in [1.82, 2.24) is 24.6 Å². The summed E-state index contributed by atoms with van der Waals surface area (Å²) in [5, 5.41) is 17.6. The molecule has 2 N–H and O–H groups in total. The van der Waals surface area contributed by atoms with Gasteiger partial charge in [-0.3, -0.25) is 14.5 Å². The van der Waals surface area contributed by atoms with E-state index >= 15 is 0 Å². The number of aromatic nitrogens is 4. The van der Waals surface area contributed by atoms with Gasteiger partial charge in [0.25, 0.3) is 5.91 Å². The zero-order chi connectivity index (χ0) is 23.0. The Morgan fingerprint density at radius 3 is 2.76 bits per heavy atom. The van der Waals surface area contributed by atoms with Crippen LogP contribution in [0, 0.1) is 5.82 Å². The average Bonchev–Trinajstić information content (AvgIpc) is 3.53. The lowest BCUT2D eigenvalue weighted by Crippen LogP contribution is -2.40. The molecule has 4 aromatic rings. The number of rotatable bonds is 6. The second-order valence-electron chi connectivity index (χ2n) is 8.86. The van der Waals surface area contributed by atoms with Gasteiger partial charge < -0.3 is 15.0 Å². The van der Waals surface area contributed by atoms with Crippen LogP contribution >= 0.6 is 0 Å². The molecule has 1 amide bonds. The van der Waals surface area contributed by atoms with E-state index in [2.05, 4.69) is 15.4 Å². The summed E-state index contributed by atoms with van der Waals surface area (Å²) in [5.41, 5.74) is 3.00. The highest BCUT2D eigenvalue weighted by Crippen LogP contribution is 2.29. The number of hydrogen-bond acceptors (Lipinski definition) is 4. The number of halogens is 1. The minimum atomic E-state index is -0.833. The van der Waals surface area contributed by atoms with E-state index in [-0.39, 0.29) is 24.8 Å². The number of carbonyl (C=O) groups is 1. The molecule has 1 aromatic carbocycles. The minimum Gasteiger partial charge on any atom is -0.388 e. The number of aryl methyl sites for hydroxylation is 1. The number of pyridine rings is 1. The topological polar surface area (TPSA) is 85.0 Å². The molecule has 1 aliphatic rings. The maximum Gasteiger partial charge on any atom is 0.255 e. The Labute approximate surface area is 190 Å². The Kier molecular flexibility index (Phi) is 5.46. The molecular formula is C25H26FN5O2. The third-order valence-electron chi connectivity index (χ3n) is 6.42. The second kappa shape index (κ2) is 8.44. The highest BCUT2D eigenvalue weighted by Gasteiger charge is 2.31. The first-order valence-corrected chi connectivity index (χ1v) is 11.1. The van der Waals surface area contributed by atoms with Crippen LogP contribution < -0.4 is 5.32 Å². The van der Waals surface area contributed by atoms with Crippen LogP contribution in [0.25, 0.3) is 22.2 Å². The molecule has 0 bridgehead atoms. The molecule has 1 fully saturated rings. The quantitative estimate of drug-likeness (QED) is 0.472. The third kappa shape index (κ3) is 4.26. The summed E-state index contributed by atoms with van der Waals surface area (Å²) in [4.78, 5) is 17.3. The lowest BCUT2D eigenvalue weighted by atomic mass is 10.0. The molecule has 0 unspecified atom stereocenters. The number of fused-ring (bicyclic) bond motifs is 1. The Balaban J connectivity index is 1.40. The molecule has 0 saturated heterocycles. The van der Waals surface area contributed by atoms with Gasteiger partial charge in [0, 0.05) is 43.3 Å². The van der Waals surface area contributed by atoms with E-state index < -0.39 is 5.60 Å². The lowest BCUT2D eigenvalue weighted by Gasteiger charge is -2.22. The molecule has 33 heavy (non-hydrogen) atoms. The smallest absolute Gasteiger partial charge is 0.255 e. The fourth-order valence-electron chi connectivity index (χ4n) is 4.58. The Hall–Kier alpha value is -3.52. The van der Waals surface area contributed by atoms with Crippen LogP contribution in [0.5, 0.6) is 0 Å². The van der Waals surface area contributed by atoms with Gasteiger partial charge in [0.2, 0.25) is 0 Å². The predicted molar refractivity (Wildman–Crippen MR) is 123 cm³/mol. The molecule has 8 heteroatoms. The summed E-state index contributed by atoms with van der Waals surface area (Å²) < 4.78 is 18.5. The standard InChI is InChI=1S/C25H26FN5O2/c1-30-13-19(12-29-30)17-6-7-18(21(26)11-17)14-31-15-20(23-22(31)5-4-10-27-23)24(32)28-16-25(33)8-2-3-9-25/h4-7,10-13,15,33H,2-3,8-9,14,16H2,1H3,(H,28,32). The average molecular weight is 448 g/mol. The zero-order valence-corrected chi connectivity index (χ0v) is 18.5. The van der Waals surface area contributed by atoms with Gasteiger partial charge in [-0.2, -0.15) is 5.10 Å². The second-order valence-corrected chi connectivity index (χ2v) is 8.86. The van der Waals surface area contributed by atoms with Crippen molar-refractivity contribution in [2.45, 2.75) is 37.8 Å². The molecule has 7 nitrogen and oxygen atoms in total. The van der Waals surface area contributed by atoms with Crippen LogP contribution in [0.1, 0.15) is 41.6 Å². The summed E-state index contributed by atoms with van der Waals surface area (Å²) in [5.74, 6) is -0.610. The molecule has 3 heterocycles. The first-order valence-electron chi connectivity index (χ1n) is 11.1. The van der Waals surface area contributed by atoms with E-state index in [0.717, 1.165) is 29.5 Å². The Morgan fingerprint density at radius 1 is 1.21 bits per heavy atom. The lowest BCUT2D eigenvalue weighted by molar-refractivity contribution is 0.0450. The number of carbonyl (C=O) groups excluding carboxylic acids is 1. The summed E-state index contributed by atoms with van der Waals surface area (Å²) in [6.07, 6.45) is 10.2. The van der Waals surface area contributed by atoms with Gasteiger partial charge >= 0.3 is 0 Å². The Bertz CT molecular complexity index is 1320. The zero-order valence-electron chi connectivity index (χ0n) is 18.5. The molecule has 0 atom stereocenters. The van der Waals surface area contributed by atoms with Crippen molar-refractivity contribution in [2.24, 2.45) is 7.05 Å². The Morgan fingerprint density at radius 2 is 2.03 bits per heavy atom. The van der Waals surface area contributed by atoms with Crippen LogP contribution in [-0.4, -0.2) is 42.5 Å². The maximum absolute atomic E-state index is 15.0. The van der Waals surface area contributed by atoms with Crippen LogP contribution in [0.3, 0.4) is 0 Å². The minimum absolute atomic E-state index is 0.218. The largest absolute Gasteiger partial charge is 0.388 e. The van der Waals surface area contributed by atoms with Crippen molar-refractivity contribution in [1.29, 1.82) is 0 Å². The molecule has 170 valence electrons. The predicted octanol–water partition coefficient (Wildman–Crippen LogP) is 3.66. The normalized spacial score (nSPS) is 15.2. The molecule has 0 spiro atoms. The fraction of sp³-hybridized carbons (Fsp3) is 0.320. The number of amides is 1. The van der Waals surface area contributed by atoms with Gasteiger partial charge in [-0.05, 0) is 36.6 Å². The highest BCUT2D eigenvalue weighted by atomic mass is 19.1. The summed E-state index contributed by atoms with van der Waals surface area (Å²) in [7, 11) is 1.82. The van der Waals surface area contributed by atoms with Crippen LogP contribution in [0.15, 0.2) is 55.1 Å². The van der Waals surface area contributed by atoms with E-state index in [1.165, 1.54) is 6.07 Å². The maximum atomic E-state index is 15.0. The number of nitrogens with zero attached hydrogens (tertiary/aromatic N) is 4. The van der Waals surface area contributed by atoms with E-state index in [1.807, 2.05) is 29.9 Å². The summed E-state index contributed by atoms with van der Waals surface area (Å²) in [6, 6.07) is 8.80. The fourth-order valence-corrected chi connectivity index (χ4v) is 4.58. The number of aliphatic hydroxyl groups is 1. The number of hydrogen-bond donors (Lipinski definition) is 2. The van der Waals surface area contributed by atoms with Crippen molar-refractivity contribution >= 4 is 16.9 Å². The monoisotopic (exact) mass is 447 g/mol. The van der Waals surface area contributed by atoms with Crippen molar-refractivity contribution in [3.63, 3.8) is 0 Å².